The van der Waals surface area contributed by atoms with Crippen LogP contribution in [0.3, 0.4) is 0 Å². The second-order valence-corrected chi connectivity index (χ2v) is 15.9. The number of ether oxygens (including phenoxy) is 2. The molecule has 2 radical (unpaired) electrons. The quantitative estimate of drug-likeness (QED) is 0.169. The number of rotatable bonds is 14. The topological polar surface area (TPSA) is 77.4 Å². The number of hydrogen-bond acceptors (Lipinski definition) is 8. The SMILES string of the molecule is CCCCCCc1c(C2(C)OCCO2)c2cc([B]OC(C)(C)C(C)(C)O)sc2c2sc([B]OC(C)(C)C(C)(C)O)cc12. The van der Waals surface area contributed by atoms with Crippen LogP contribution >= 0.6 is 22.7 Å². The smallest absolute Gasteiger partial charge is 0.341 e. The van der Waals surface area contributed by atoms with E-state index in [1.54, 1.807) is 65.3 Å². The fourth-order valence-electron chi connectivity index (χ4n) is 4.85. The van der Waals surface area contributed by atoms with Gasteiger partial charge in [-0.05, 0) is 98.2 Å². The molecule has 1 aliphatic rings. The van der Waals surface area contributed by atoms with Crippen molar-refractivity contribution in [1.29, 1.82) is 0 Å². The van der Waals surface area contributed by atoms with Crippen LogP contribution in [0.1, 0.15) is 106 Å². The van der Waals surface area contributed by atoms with Crippen LogP contribution in [0.5, 0.6) is 0 Å². The molecule has 0 unspecified atom stereocenters. The van der Waals surface area contributed by atoms with E-state index >= 15 is 0 Å². The molecule has 0 aliphatic carbocycles. The minimum absolute atomic E-state index is 0.555. The predicted molar refractivity (Wildman–Crippen MR) is 178 cm³/mol. The van der Waals surface area contributed by atoms with Gasteiger partial charge in [-0.25, -0.2) is 0 Å². The van der Waals surface area contributed by atoms with E-state index in [2.05, 4.69) is 19.1 Å². The van der Waals surface area contributed by atoms with Crippen molar-refractivity contribution >= 4 is 67.4 Å². The predicted octanol–water partition coefficient (Wildman–Crippen LogP) is 6.08. The van der Waals surface area contributed by atoms with Crippen molar-refractivity contribution in [2.45, 2.75) is 130 Å². The Morgan fingerprint density at radius 1 is 0.786 bits per heavy atom. The molecule has 42 heavy (non-hydrogen) atoms. The van der Waals surface area contributed by atoms with Crippen LogP contribution in [-0.2, 0) is 31.0 Å². The highest BCUT2D eigenvalue weighted by Gasteiger charge is 2.40. The van der Waals surface area contributed by atoms with Gasteiger partial charge in [-0.2, -0.15) is 0 Å². The highest BCUT2D eigenvalue weighted by Crippen LogP contribution is 2.45. The number of aryl methyl sites for hydroxylation is 1. The Morgan fingerprint density at radius 3 is 1.74 bits per heavy atom. The lowest BCUT2D eigenvalue weighted by atomic mass is 9.85. The molecule has 6 nitrogen and oxygen atoms in total. The molecule has 1 aromatic carbocycles. The van der Waals surface area contributed by atoms with Gasteiger partial charge in [-0.3, -0.25) is 0 Å². The first-order valence-corrected chi connectivity index (χ1v) is 16.8. The van der Waals surface area contributed by atoms with Gasteiger partial charge in [0.05, 0.1) is 45.0 Å². The normalized spacial score (nSPS) is 16.6. The van der Waals surface area contributed by atoms with E-state index in [1.165, 1.54) is 34.9 Å². The van der Waals surface area contributed by atoms with Crippen molar-refractivity contribution < 1.29 is 29.0 Å². The van der Waals surface area contributed by atoms with Gasteiger partial charge in [0.2, 0.25) is 0 Å². The van der Waals surface area contributed by atoms with E-state index in [9.17, 15) is 10.2 Å². The van der Waals surface area contributed by atoms with Crippen LogP contribution in [0.25, 0.3) is 20.2 Å². The molecule has 230 valence electrons. The fraction of sp³-hybridized carbons (Fsp3) is 0.688. The molecule has 10 heteroatoms. The van der Waals surface area contributed by atoms with Crippen molar-refractivity contribution in [2.75, 3.05) is 13.2 Å². The number of fused-ring (bicyclic) bond motifs is 3. The molecule has 3 aromatic rings. The molecule has 2 N–H and O–H groups in total. The zero-order chi connectivity index (χ0) is 31.1. The lowest BCUT2D eigenvalue weighted by molar-refractivity contribution is -0.149. The van der Waals surface area contributed by atoms with Gasteiger partial charge < -0.3 is 29.0 Å². The molecule has 1 fully saturated rings. The van der Waals surface area contributed by atoms with Crippen molar-refractivity contribution in [3.8, 4) is 0 Å². The van der Waals surface area contributed by atoms with E-state index in [0.29, 0.717) is 13.2 Å². The molecule has 0 atom stereocenters. The summed E-state index contributed by atoms with van der Waals surface area (Å²) in [7, 11) is 3.56. The monoisotopic (exact) mass is 614 g/mol. The minimum Gasteiger partial charge on any atom is -0.426 e. The van der Waals surface area contributed by atoms with Crippen LogP contribution in [0, 0.1) is 0 Å². The summed E-state index contributed by atoms with van der Waals surface area (Å²) in [6.07, 6.45) is 5.57. The third-order valence-electron chi connectivity index (χ3n) is 9.06. The molecule has 0 spiro atoms. The lowest BCUT2D eigenvalue weighted by Crippen LogP contribution is -2.49. The number of hydrogen-bond donors (Lipinski definition) is 2. The van der Waals surface area contributed by atoms with Crippen molar-refractivity contribution in [3.05, 3.63) is 23.3 Å². The minimum atomic E-state index is -1.02. The Kier molecular flexibility index (Phi) is 10.0. The summed E-state index contributed by atoms with van der Waals surface area (Å²) in [6, 6.07) is 4.39. The van der Waals surface area contributed by atoms with Crippen LogP contribution < -0.4 is 9.55 Å². The number of benzene rings is 1. The molecular weight excluding hydrogens is 566 g/mol. The molecule has 3 heterocycles. The second kappa shape index (κ2) is 12.4. The molecule has 0 saturated carbocycles. The van der Waals surface area contributed by atoms with Crippen molar-refractivity contribution in [1.82, 2.24) is 0 Å². The Bertz CT molecular complexity index is 1370. The Labute approximate surface area is 261 Å². The molecule has 1 saturated heterocycles. The standard InChI is InChI=1S/C32H48B2O6S2/c1-11-12-13-14-15-20-21-18-23(33-39-30(6,7)28(2,3)35)41-26(21)27-22(25(20)32(10)37-16-17-38-32)19-24(42-27)34-40-31(8,9)29(4,5)36/h18-19,35-36H,11-17H2,1-10H3. The van der Waals surface area contributed by atoms with Crippen molar-refractivity contribution in [3.63, 3.8) is 0 Å². The van der Waals surface area contributed by atoms with Gasteiger partial charge in [-0.15, -0.1) is 22.7 Å². The summed E-state index contributed by atoms with van der Waals surface area (Å²) in [5.41, 5.74) is -1.20. The number of unbranched alkanes of at least 4 members (excludes halogenated alkanes) is 3. The average molecular weight is 614 g/mol. The van der Waals surface area contributed by atoms with Gasteiger partial charge >= 0.3 is 15.0 Å². The van der Waals surface area contributed by atoms with Crippen molar-refractivity contribution in [2.24, 2.45) is 0 Å². The van der Waals surface area contributed by atoms with Crippen LogP contribution in [0.4, 0.5) is 0 Å². The Morgan fingerprint density at radius 2 is 1.26 bits per heavy atom. The third kappa shape index (κ3) is 6.96. The van der Waals surface area contributed by atoms with E-state index in [4.69, 9.17) is 18.8 Å². The average Bonchev–Trinajstić information content (AvgIpc) is 3.61. The summed E-state index contributed by atoms with van der Waals surface area (Å²) in [5, 5.41) is 23.6. The second-order valence-electron chi connectivity index (χ2n) is 13.7. The number of aliphatic hydroxyl groups is 2. The summed E-state index contributed by atoms with van der Waals surface area (Å²) in [4.78, 5) is 0. The maximum Gasteiger partial charge on any atom is 0.341 e. The largest absolute Gasteiger partial charge is 0.426 e. The van der Waals surface area contributed by atoms with E-state index in [0.717, 1.165) is 38.0 Å². The van der Waals surface area contributed by atoms with E-state index < -0.39 is 28.2 Å². The summed E-state index contributed by atoms with van der Waals surface area (Å²) >= 11 is 3.37. The highest BCUT2D eigenvalue weighted by molar-refractivity contribution is 7.34. The lowest BCUT2D eigenvalue weighted by Gasteiger charge is -2.37. The molecule has 1 aliphatic heterocycles. The zero-order valence-corrected chi connectivity index (χ0v) is 28.7. The van der Waals surface area contributed by atoms with E-state index in [1.807, 2.05) is 34.6 Å². The van der Waals surface area contributed by atoms with Crippen LogP contribution in [0.2, 0.25) is 0 Å². The Hall–Kier alpha value is -0.970. The maximum absolute atomic E-state index is 10.6. The maximum atomic E-state index is 10.6. The molecule has 0 bridgehead atoms. The third-order valence-corrected chi connectivity index (χ3v) is 11.3. The van der Waals surface area contributed by atoms with Gasteiger partial charge in [-0.1, -0.05) is 26.2 Å². The van der Waals surface area contributed by atoms with Crippen LogP contribution in [-0.4, -0.2) is 60.8 Å². The van der Waals surface area contributed by atoms with Gasteiger partial charge in [0.25, 0.3) is 0 Å². The highest BCUT2D eigenvalue weighted by atomic mass is 32.1. The zero-order valence-electron chi connectivity index (χ0n) is 27.1. The van der Waals surface area contributed by atoms with E-state index in [-0.39, 0.29) is 0 Å². The van der Waals surface area contributed by atoms with Crippen LogP contribution in [0.15, 0.2) is 12.1 Å². The van der Waals surface area contributed by atoms with Gasteiger partial charge in [0.15, 0.2) is 5.79 Å². The fourth-order valence-corrected chi connectivity index (χ4v) is 7.08. The van der Waals surface area contributed by atoms with Gasteiger partial charge in [0.1, 0.15) is 0 Å². The summed E-state index contributed by atoms with van der Waals surface area (Å²) < 4.78 is 29.3. The van der Waals surface area contributed by atoms with Gasteiger partial charge in [0, 0.05) is 20.5 Å². The Balaban J connectivity index is 1.86. The number of thiophene rings is 2. The summed E-state index contributed by atoms with van der Waals surface area (Å²) in [5.74, 6) is -0.844. The first-order valence-electron chi connectivity index (χ1n) is 15.2. The summed E-state index contributed by atoms with van der Waals surface area (Å²) in [6.45, 7) is 20.0. The molecular formula is C32H48B2O6S2. The molecule has 0 amide bonds. The first-order chi connectivity index (χ1) is 19.4. The first kappa shape index (κ1) is 33.9. The molecule has 4 rings (SSSR count). The molecule has 2 aromatic heterocycles.